The Morgan fingerprint density at radius 1 is 1.15 bits per heavy atom. The molecule has 3 aromatic rings. The number of hydrogen-bond acceptors (Lipinski definition) is 6. The van der Waals surface area contributed by atoms with Gasteiger partial charge in [0.15, 0.2) is 5.75 Å². The summed E-state index contributed by atoms with van der Waals surface area (Å²) in [6.07, 6.45) is -0.395. The molecule has 0 atom stereocenters. The van der Waals surface area contributed by atoms with Crippen molar-refractivity contribution < 1.29 is 22.4 Å². The van der Waals surface area contributed by atoms with Crippen LogP contribution in [-0.4, -0.2) is 81.5 Å². The zero-order valence-corrected chi connectivity index (χ0v) is 23.4. The number of hydrogen-bond donors (Lipinski definition) is 1. The fourth-order valence-corrected chi connectivity index (χ4v) is 3.86. The zero-order valence-electron chi connectivity index (χ0n) is 19.8. The topological polar surface area (TPSA) is 109 Å². The first kappa shape index (κ1) is 28.2. The molecule has 9 nitrogen and oxygen atoms in total. The van der Waals surface area contributed by atoms with Crippen LogP contribution in [0, 0.1) is 6.92 Å². The zero-order chi connectivity index (χ0) is 24.5. The van der Waals surface area contributed by atoms with Gasteiger partial charge in [-0.15, -0.1) is 0 Å². The van der Waals surface area contributed by atoms with Gasteiger partial charge in [-0.05, 0) is 36.2 Å². The van der Waals surface area contributed by atoms with Crippen LogP contribution in [0.15, 0.2) is 45.6 Å². The number of nitrogens with one attached hydrogen (secondary N) is 1. The first-order chi connectivity index (χ1) is 15.4. The molecule has 0 bridgehead atoms. The molecule has 1 amide bonds. The number of benzene rings is 2. The maximum Gasteiger partial charge on any atom is 0.414 e. The summed E-state index contributed by atoms with van der Waals surface area (Å²) in [6, 6.07) is 9.75. The molecule has 0 aliphatic heterocycles. The second-order valence-electron chi connectivity index (χ2n) is 7.80. The molecule has 12 heteroatoms. The van der Waals surface area contributed by atoms with E-state index >= 15 is 0 Å². The van der Waals surface area contributed by atoms with Crippen LogP contribution in [0.4, 0.5) is 10.5 Å². The molecule has 0 saturated carbocycles. The summed E-state index contributed by atoms with van der Waals surface area (Å²) < 4.78 is 38.4. The predicted molar refractivity (Wildman–Crippen MR) is 133 cm³/mol. The smallest absolute Gasteiger partial charge is 0.414 e. The fraction of sp³-hybridized carbons (Fsp3) is 0.273. The molecule has 3 rings (SSSR count). The molecule has 0 unspecified atom stereocenters. The molecule has 34 heavy (non-hydrogen) atoms. The summed E-state index contributed by atoms with van der Waals surface area (Å²) in [4.78, 5) is 25.9. The summed E-state index contributed by atoms with van der Waals surface area (Å²) in [5.74, 6) is 0.0824. The van der Waals surface area contributed by atoms with E-state index in [0.717, 1.165) is 4.31 Å². The van der Waals surface area contributed by atoms with Crippen molar-refractivity contribution in [3.8, 4) is 5.75 Å². The molecule has 1 radical (unpaired) electrons. The van der Waals surface area contributed by atoms with Crippen molar-refractivity contribution in [1.82, 2.24) is 9.21 Å². The van der Waals surface area contributed by atoms with Gasteiger partial charge in [0.05, 0.1) is 10.7 Å². The Morgan fingerprint density at radius 3 is 2.44 bits per heavy atom. The SMILES string of the molecule is Cc1c(Cc2cccc(NS(=O)(=O)N(C)C)c2)c(=O)oc2cc(OC(=O)N(C)C)c(Cl)cc12.[Na]. The third-order valence-corrected chi connectivity index (χ3v) is 6.69. The van der Waals surface area contributed by atoms with Crippen LogP contribution < -0.4 is 15.1 Å². The Bertz CT molecular complexity index is 1390. The third-order valence-electron chi connectivity index (χ3n) is 4.94. The number of carbonyl (C=O) groups is 1. The molecule has 0 aliphatic rings. The largest absolute Gasteiger partial charge is 0.422 e. The Balaban J connectivity index is 0.00000408. The van der Waals surface area contributed by atoms with Crippen LogP contribution in [0.5, 0.6) is 5.75 Å². The molecule has 2 aromatic carbocycles. The standard InChI is InChI=1S/C22H24ClN3O6S.Na/c1-13-16-11-18(23)20(32-22(28)25(2)3)12-19(16)31-21(27)17(13)10-14-7-6-8-15(9-14)24-33(29,30)26(4)5;/h6-9,11-12,24H,10H2,1-5H3;. The number of amides is 1. The van der Waals surface area contributed by atoms with Crippen molar-refractivity contribution in [3.05, 3.63) is 68.5 Å². The van der Waals surface area contributed by atoms with Crippen molar-refractivity contribution >= 4 is 74.1 Å². The maximum atomic E-state index is 12.8. The van der Waals surface area contributed by atoms with Crippen molar-refractivity contribution in [2.45, 2.75) is 13.3 Å². The van der Waals surface area contributed by atoms with E-state index in [0.29, 0.717) is 27.8 Å². The minimum atomic E-state index is -3.66. The first-order valence-corrected chi connectivity index (χ1v) is 11.6. The predicted octanol–water partition coefficient (Wildman–Crippen LogP) is 3.24. The Morgan fingerprint density at radius 2 is 1.82 bits per heavy atom. The summed E-state index contributed by atoms with van der Waals surface area (Å²) in [6.45, 7) is 1.77. The number of ether oxygens (including phenoxy) is 1. The second-order valence-corrected chi connectivity index (χ2v) is 10.1. The van der Waals surface area contributed by atoms with E-state index in [2.05, 4.69) is 4.72 Å². The second kappa shape index (κ2) is 11.1. The number of aryl methyl sites for hydroxylation is 1. The van der Waals surface area contributed by atoms with E-state index in [9.17, 15) is 18.0 Å². The minimum Gasteiger partial charge on any atom is -0.422 e. The number of halogens is 1. The maximum absolute atomic E-state index is 12.8. The van der Waals surface area contributed by atoms with Crippen molar-refractivity contribution in [2.75, 3.05) is 32.9 Å². The molecule has 0 spiro atoms. The van der Waals surface area contributed by atoms with Crippen LogP contribution in [-0.2, 0) is 16.6 Å². The van der Waals surface area contributed by atoms with Gasteiger partial charge in [-0.1, -0.05) is 23.7 Å². The molecule has 0 fully saturated rings. The van der Waals surface area contributed by atoms with E-state index in [1.165, 1.54) is 39.2 Å². The number of anilines is 1. The van der Waals surface area contributed by atoms with Gasteiger partial charge in [0.2, 0.25) is 0 Å². The first-order valence-electron chi connectivity index (χ1n) is 9.83. The molecular formula is C22H24ClN3NaO6S. The third kappa shape index (κ3) is 6.32. The Kier molecular flexibility index (Phi) is 9.20. The van der Waals surface area contributed by atoms with Crippen LogP contribution in [0.3, 0.4) is 0 Å². The van der Waals surface area contributed by atoms with E-state index in [1.807, 2.05) is 0 Å². The number of nitrogens with zero attached hydrogens (tertiary/aromatic N) is 2. The van der Waals surface area contributed by atoms with Gasteiger partial charge in [0.25, 0.3) is 0 Å². The van der Waals surface area contributed by atoms with Gasteiger partial charge < -0.3 is 14.1 Å². The van der Waals surface area contributed by atoms with Gasteiger partial charge in [-0.25, -0.2) is 9.59 Å². The molecule has 0 saturated heterocycles. The van der Waals surface area contributed by atoms with Gasteiger partial charge >= 0.3 is 21.9 Å². The molecule has 0 aliphatic carbocycles. The van der Waals surface area contributed by atoms with Crippen molar-refractivity contribution in [1.29, 1.82) is 0 Å². The summed E-state index contributed by atoms with van der Waals surface area (Å²) >= 11 is 6.30. The van der Waals surface area contributed by atoms with Crippen LogP contribution >= 0.6 is 11.6 Å². The Labute approximate surface area is 225 Å². The van der Waals surface area contributed by atoms with Crippen LogP contribution in [0.1, 0.15) is 16.7 Å². The average molecular weight is 517 g/mol. The number of rotatable bonds is 6. The molecular weight excluding hydrogens is 493 g/mol. The fourth-order valence-electron chi connectivity index (χ4n) is 3.05. The van der Waals surface area contributed by atoms with Gasteiger partial charge in [-0.2, -0.15) is 12.7 Å². The normalized spacial score (nSPS) is 11.3. The summed E-state index contributed by atoms with van der Waals surface area (Å²) in [7, 11) is 2.26. The van der Waals surface area contributed by atoms with Crippen LogP contribution in [0.2, 0.25) is 5.02 Å². The van der Waals surface area contributed by atoms with Crippen molar-refractivity contribution in [3.63, 3.8) is 0 Å². The van der Waals surface area contributed by atoms with E-state index < -0.39 is 21.9 Å². The quantitative estimate of drug-likeness (QED) is 0.398. The molecule has 177 valence electrons. The van der Waals surface area contributed by atoms with E-state index in [1.54, 1.807) is 37.3 Å². The van der Waals surface area contributed by atoms with E-state index in [4.69, 9.17) is 20.8 Å². The molecule has 1 heterocycles. The summed E-state index contributed by atoms with van der Waals surface area (Å²) in [5, 5.41) is 0.796. The van der Waals surface area contributed by atoms with Gasteiger partial charge in [0.1, 0.15) is 5.58 Å². The Hall–Kier alpha value is -2.08. The van der Waals surface area contributed by atoms with Crippen LogP contribution in [0.25, 0.3) is 11.0 Å². The van der Waals surface area contributed by atoms with Crippen molar-refractivity contribution in [2.24, 2.45) is 0 Å². The van der Waals surface area contributed by atoms with Gasteiger partial charge in [-0.3, -0.25) is 4.72 Å². The van der Waals surface area contributed by atoms with E-state index in [-0.39, 0.29) is 52.3 Å². The minimum absolute atomic E-state index is 0. The summed E-state index contributed by atoms with van der Waals surface area (Å²) in [5.41, 5.74) is 1.84. The molecule has 1 N–H and O–H groups in total. The monoisotopic (exact) mass is 516 g/mol. The van der Waals surface area contributed by atoms with Gasteiger partial charge in [0, 0.05) is 81.2 Å². The molecule has 1 aromatic heterocycles. The average Bonchev–Trinajstić information content (AvgIpc) is 2.72. The number of fused-ring (bicyclic) bond motifs is 1. The number of carbonyl (C=O) groups excluding carboxylic acids is 1.